The van der Waals surface area contributed by atoms with Crippen molar-refractivity contribution in [3.63, 3.8) is 0 Å². The molecular weight excluding hydrogens is 354 g/mol. The lowest BCUT2D eigenvalue weighted by Gasteiger charge is -2.10. The number of hydrogen-bond donors (Lipinski definition) is 0. The molecule has 0 radical (unpaired) electrons. The van der Waals surface area contributed by atoms with Gasteiger partial charge in [-0.2, -0.15) is 0 Å². The van der Waals surface area contributed by atoms with Gasteiger partial charge in [0.25, 0.3) is 0 Å². The fourth-order valence-corrected chi connectivity index (χ4v) is 2.70. The van der Waals surface area contributed by atoms with E-state index in [1.54, 1.807) is 0 Å². The maximum atomic E-state index is 13.8. The molecule has 4 heteroatoms. The summed E-state index contributed by atoms with van der Waals surface area (Å²) in [5, 5.41) is 0. The molecule has 0 aliphatic heterocycles. The van der Waals surface area contributed by atoms with E-state index in [2.05, 4.69) is 31.9 Å². The van der Waals surface area contributed by atoms with E-state index in [0.717, 1.165) is 16.1 Å². The lowest BCUT2D eigenvalue weighted by Crippen LogP contribution is -1.90. The van der Waals surface area contributed by atoms with E-state index >= 15 is 0 Å². The highest BCUT2D eigenvalue weighted by Gasteiger charge is 2.14. The summed E-state index contributed by atoms with van der Waals surface area (Å²) in [5.74, 6) is -1.18. The van der Waals surface area contributed by atoms with E-state index in [0.29, 0.717) is 15.6 Å². The molecule has 17 heavy (non-hydrogen) atoms. The minimum Gasteiger partial charge on any atom is -0.207 e. The van der Waals surface area contributed by atoms with Crippen LogP contribution in [0.3, 0.4) is 0 Å². The molecule has 0 N–H and O–H groups in total. The van der Waals surface area contributed by atoms with Crippen molar-refractivity contribution >= 4 is 31.9 Å². The van der Waals surface area contributed by atoms with Crippen LogP contribution in [0.2, 0.25) is 0 Å². The molecule has 0 spiro atoms. The van der Waals surface area contributed by atoms with Gasteiger partial charge in [0.2, 0.25) is 0 Å². The van der Waals surface area contributed by atoms with Crippen molar-refractivity contribution in [1.29, 1.82) is 0 Å². The summed E-state index contributed by atoms with van der Waals surface area (Å²) in [6, 6.07) is 7.76. The summed E-state index contributed by atoms with van der Waals surface area (Å²) in [7, 11) is 0. The standard InChI is InChI=1S/C13H8Br2F2/c1-7-2-3-10(14)9(4-7)13-11(15)5-8(16)6-12(13)17/h2-6H,1H3. The second kappa shape index (κ2) is 4.86. The molecule has 0 heterocycles. The lowest BCUT2D eigenvalue weighted by molar-refractivity contribution is 0.584. The van der Waals surface area contributed by atoms with Gasteiger partial charge in [0.1, 0.15) is 11.6 Å². The number of rotatable bonds is 1. The second-order valence-corrected chi connectivity index (χ2v) is 5.44. The molecule has 0 unspecified atom stereocenters. The van der Waals surface area contributed by atoms with Crippen molar-refractivity contribution in [3.05, 3.63) is 56.5 Å². The van der Waals surface area contributed by atoms with Crippen LogP contribution in [0.5, 0.6) is 0 Å². The zero-order valence-electron chi connectivity index (χ0n) is 8.90. The molecule has 2 rings (SSSR count). The highest BCUT2D eigenvalue weighted by Crippen LogP contribution is 2.36. The summed E-state index contributed by atoms with van der Waals surface area (Å²) < 4.78 is 28.0. The summed E-state index contributed by atoms with van der Waals surface area (Å²) in [4.78, 5) is 0. The first-order chi connectivity index (χ1) is 7.99. The third-order valence-electron chi connectivity index (χ3n) is 2.40. The highest BCUT2D eigenvalue weighted by molar-refractivity contribution is 9.11. The van der Waals surface area contributed by atoms with Crippen LogP contribution in [0.25, 0.3) is 11.1 Å². The number of hydrogen-bond acceptors (Lipinski definition) is 0. The van der Waals surface area contributed by atoms with Gasteiger partial charge in [0, 0.05) is 26.1 Å². The molecule has 0 aliphatic rings. The first-order valence-corrected chi connectivity index (χ1v) is 6.48. The van der Waals surface area contributed by atoms with Gasteiger partial charge in [-0.15, -0.1) is 0 Å². The number of aryl methyl sites for hydroxylation is 1. The molecule has 0 fully saturated rings. The minimum atomic E-state index is -0.595. The van der Waals surface area contributed by atoms with E-state index in [4.69, 9.17) is 0 Å². The average molecular weight is 362 g/mol. The molecule has 0 bridgehead atoms. The SMILES string of the molecule is Cc1ccc(Br)c(-c2c(F)cc(F)cc2Br)c1. The maximum absolute atomic E-state index is 13.8. The van der Waals surface area contributed by atoms with Crippen LogP contribution < -0.4 is 0 Å². The quantitative estimate of drug-likeness (QED) is 0.632. The zero-order chi connectivity index (χ0) is 12.6. The van der Waals surface area contributed by atoms with Crippen molar-refractivity contribution in [2.45, 2.75) is 6.92 Å². The van der Waals surface area contributed by atoms with Crippen LogP contribution in [-0.4, -0.2) is 0 Å². The second-order valence-electron chi connectivity index (χ2n) is 3.73. The van der Waals surface area contributed by atoms with E-state index in [-0.39, 0.29) is 0 Å². The minimum absolute atomic E-state index is 0.363. The average Bonchev–Trinajstić information content (AvgIpc) is 2.21. The van der Waals surface area contributed by atoms with Crippen LogP contribution in [0.1, 0.15) is 5.56 Å². The van der Waals surface area contributed by atoms with E-state index in [9.17, 15) is 8.78 Å². The molecule has 0 aliphatic carbocycles. The Bertz CT molecular complexity index is 557. The van der Waals surface area contributed by atoms with E-state index in [1.165, 1.54) is 6.07 Å². The number of benzene rings is 2. The molecule has 88 valence electrons. The molecule has 0 amide bonds. The molecule has 2 aromatic carbocycles. The molecule has 0 saturated carbocycles. The van der Waals surface area contributed by atoms with Crippen LogP contribution in [0.4, 0.5) is 8.78 Å². The first kappa shape index (κ1) is 12.7. The third-order valence-corrected chi connectivity index (χ3v) is 3.71. The van der Waals surface area contributed by atoms with Crippen molar-refractivity contribution in [2.75, 3.05) is 0 Å². The predicted octanol–water partition coefficient (Wildman–Crippen LogP) is 5.47. The van der Waals surface area contributed by atoms with Gasteiger partial charge in [-0.3, -0.25) is 0 Å². The van der Waals surface area contributed by atoms with Crippen LogP contribution in [-0.2, 0) is 0 Å². The lowest BCUT2D eigenvalue weighted by atomic mass is 10.0. The molecule has 0 nitrogen and oxygen atoms in total. The Kier molecular flexibility index (Phi) is 3.64. The molecule has 2 aromatic rings. The van der Waals surface area contributed by atoms with Gasteiger partial charge in [-0.05, 0) is 35.0 Å². The Balaban J connectivity index is 2.72. The fraction of sp³-hybridized carbons (Fsp3) is 0.0769. The van der Waals surface area contributed by atoms with Crippen molar-refractivity contribution in [3.8, 4) is 11.1 Å². The van der Waals surface area contributed by atoms with Gasteiger partial charge < -0.3 is 0 Å². The number of halogens is 4. The van der Waals surface area contributed by atoms with Crippen molar-refractivity contribution in [2.24, 2.45) is 0 Å². The molecule has 0 atom stereocenters. The highest BCUT2D eigenvalue weighted by atomic mass is 79.9. The van der Waals surface area contributed by atoms with Gasteiger partial charge in [0.15, 0.2) is 0 Å². The summed E-state index contributed by atoms with van der Waals surface area (Å²) in [6.45, 7) is 1.92. The Morgan fingerprint density at radius 2 is 1.65 bits per heavy atom. The summed E-state index contributed by atoms with van der Waals surface area (Å²) >= 11 is 6.57. The van der Waals surface area contributed by atoms with E-state index in [1.807, 2.05) is 25.1 Å². The largest absolute Gasteiger partial charge is 0.207 e. The Labute approximate surface area is 115 Å². The van der Waals surface area contributed by atoms with E-state index < -0.39 is 11.6 Å². The van der Waals surface area contributed by atoms with Gasteiger partial charge >= 0.3 is 0 Å². The van der Waals surface area contributed by atoms with Crippen molar-refractivity contribution < 1.29 is 8.78 Å². The maximum Gasteiger partial charge on any atom is 0.135 e. The summed E-state index contributed by atoms with van der Waals surface area (Å²) in [5.41, 5.74) is 2.08. The zero-order valence-corrected chi connectivity index (χ0v) is 12.1. The Morgan fingerprint density at radius 1 is 0.941 bits per heavy atom. The van der Waals surface area contributed by atoms with Gasteiger partial charge in [-0.1, -0.05) is 33.6 Å². The third kappa shape index (κ3) is 2.58. The topological polar surface area (TPSA) is 0 Å². The van der Waals surface area contributed by atoms with Gasteiger partial charge in [0.05, 0.1) is 0 Å². The van der Waals surface area contributed by atoms with Crippen molar-refractivity contribution in [1.82, 2.24) is 0 Å². The normalized spacial score (nSPS) is 10.6. The molecule has 0 aromatic heterocycles. The molecule has 0 saturated heterocycles. The smallest absolute Gasteiger partial charge is 0.135 e. The monoisotopic (exact) mass is 360 g/mol. The van der Waals surface area contributed by atoms with Crippen LogP contribution in [0.15, 0.2) is 39.3 Å². The molecular formula is C13H8Br2F2. The first-order valence-electron chi connectivity index (χ1n) is 4.90. The van der Waals surface area contributed by atoms with Crippen LogP contribution >= 0.6 is 31.9 Å². The Hall–Kier alpha value is -0.740. The van der Waals surface area contributed by atoms with Gasteiger partial charge in [-0.25, -0.2) is 8.78 Å². The summed E-state index contributed by atoms with van der Waals surface area (Å²) in [6.07, 6.45) is 0. The Morgan fingerprint density at radius 3 is 2.29 bits per heavy atom. The fourth-order valence-electron chi connectivity index (χ4n) is 1.63. The predicted molar refractivity (Wildman–Crippen MR) is 71.9 cm³/mol. The van der Waals surface area contributed by atoms with Crippen LogP contribution in [0, 0.1) is 18.6 Å².